The molecule has 4 heterocycles. The van der Waals surface area contributed by atoms with Crippen LogP contribution in [-0.4, -0.2) is 79.2 Å². The zero-order valence-electron chi connectivity index (χ0n) is 25.0. The largest absolute Gasteiger partial charge is 0.475 e. The predicted octanol–water partition coefficient (Wildman–Crippen LogP) is 5.45. The van der Waals surface area contributed by atoms with Gasteiger partial charge in [0.1, 0.15) is 24.1 Å². The molecule has 1 aromatic heterocycles. The van der Waals surface area contributed by atoms with Crippen LogP contribution in [0, 0.1) is 17.1 Å². The van der Waals surface area contributed by atoms with Gasteiger partial charge in [-0.1, -0.05) is 36.4 Å². The Morgan fingerprint density at radius 3 is 2.73 bits per heavy atom. The SMILES string of the molecule is C=C(F)C(=O)N1CCN(c2c(C#N)c(OC[C@@H]3CCCN3C)nc3c2CCN(c2cccc4ccc(F)c(Cl)c24)C3)C[C@H]1C. The molecule has 0 saturated carbocycles. The molecule has 1 amide bonds. The number of amides is 1. The molecule has 2 atom stereocenters. The Kier molecular flexibility index (Phi) is 8.36. The van der Waals surface area contributed by atoms with Gasteiger partial charge in [0, 0.05) is 54.9 Å². The van der Waals surface area contributed by atoms with E-state index >= 15 is 0 Å². The van der Waals surface area contributed by atoms with Crippen molar-refractivity contribution in [1.29, 1.82) is 5.26 Å². The van der Waals surface area contributed by atoms with Crippen molar-refractivity contribution in [2.45, 2.75) is 44.8 Å². The first kappa shape index (κ1) is 30.1. The van der Waals surface area contributed by atoms with Crippen LogP contribution < -0.4 is 14.5 Å². The van der Waals surface area contributed by atoms with Gasteiger partial charge in [-0.25, -0.2) is 13.8 Å². The molecule has 0 radical (unpaired) electrons. The number of hydrogen-bond acceptors (Lipinski definition) is 7. The van der Waals surface area contributed by atoms with Crippen LogP contribution in [0.2, 0.25) is 5.02 Å². The first-order valence-corrected chi connectivity index (χ1v) is 15.4. The lowest BCUT2D eigenvalue weighted by Crippen LogP contribution is -2.54. The number of fused-ring (bicyclic) bond motifs is 2. The van der Waals surface area contributed by atoms with Crippen molar-refractivity contribution in [3.8, 4) is 11.9 Å². The first-order valence-electron chi connectivity index (χ1n) is 15.0. The van der Waals surface area contributed by atoms with Gasteiger partial charge in [-0.2, -0.15) is 5.26 Å². The minimum absolute atomic E-state index is 0.0828. The maximum absolute atomic E-state index is 14.6. The van der Waals surface area contributed by atoms with Crippen LogP contribution in [0.25, 0.3) is 10.8 Å². The zero-order chi connectivity index (χ0) is 31.1. The number of rotatable bonds is 6. The molecular formula is C33H35ClF2N6O2. The Balaban J connectivity index is 1.39. The standard InChI is InChI=1S/C33H35ClF2N6O2/c1-20-17-41(14-15-42(20)33(43)21(2)35)31-24-11-13-40(28-8-4-6-22-9-10-26(36)30(34)29(22)28)18-27(24)38-32(25(31)16-37)44-19-23-7-5-12-39(23)3/h4,6,8-10,20,23H,2,5,7,11-15,17-19H2,1,3H3/t20-,23+/m1/s1. The van der Waals surface area contributed by atoms with Crippen LogP contribution in [0.4, 0.5) is 20.2 Å². The minimum Gasteiger partial charge on any atom is -0.475 e. The van der Waals surface area contributed by atoms with E-state index in [9.17, 15) is 18.8 Å². The summed E-state index contributed by atoms with van der Waals surface area (Å²) in [5, 5.41) is 12.0. The van der Waals surface area contributed by atoms with Gasteiger partial charge in [0.05, 0.1) is 22.9 Å². The van der Waals surface area contributed by atoms with Crippen molar-refractivity contribution in [1.82, 2.24) is 14.8 Å². The summed E-state index contributed by atoms with van der Waals surface area (Å²) in [5.41, 5.74) is 3.66. The van der Waals surface area contributed by atoms with Crippen LogP contribution in [0.5, 0.6) is 5.88 Å². The number of likely N-dealkylation sites (N-methyl/N-ethyl adjacent to an activating group) is 1. The molecule has 11 heteroatoms. The van der Waals surface area contributed by atoms with E-state index in [1.165, 1.54) is 11.0 Å². The number of benzene rings is 2. The average Bonchev–Trinajstić information content (AvgIpc) is 3.44. The van der Waals surface area contributed by atoms with Crippen LogP contribution in [0.1, 0.15) is 36.6 Å². The monoisotopic (exact) mass is 620 g/mol. The van der Waals surface area contributed by atoms with Crippen molar-refractivity contribution in [3.05, 3.63) is 70.4 Å². The lowest BCUT2D eigenvalue weighted by atomic mass is 9.96. The van der Waals surface area contributed by atoms with Gasteiger partial charge in [-0.3, -0.25) is 4.79 Å². The van der Waals surface area contributed by atoms with Gasteiger partial charge < -0.3 is 24.3 Å². The lowest BCUT2D eigenvalue weighted by molar-refractivity contribution is -0.131. The lowest BCUT2D eigenvalue weighted by Gasteiger charge is -2.42. The highest BCUT2D eigenvalue weighted by Crippen LogP contribution is 2.41. The molecular weight excluding hydrogens is 586 g/mol. The van der Waals surface area contributed by atoms with E-state index in [2.05, 4.69) is 34.4 Å². The number of nitrogens with zero attached hydrogens (tertiary/aromatic N) is 6. The fourth-order valence-electron chi connectivity index (χ4n) is 6.83. The number of likely N-dealkylation sites (tertiary alicyclic amines) is 1. The van der Waals surface area contributed by atoms with Crippen molar-refractivity contribution in [3.63, 3.8) is 0 Å². The molecule has 3 aliphatic rings. The summed E-state index contributed by atoms with van der Waals surface area (Å²) < 4.78 is 34.6. The molecule has 3 aromatic rings. The second kappa shape index (κ2) is 12.2. The first-order chi connectivity index (χ1) is 21.2. The molecule has 0 spiro atoms. The molecule has 0 bridgehead atoms. The van der Waals surface area contributed by atoms with E-state index in [4.69, 9.17) is 21.3 Å². The van der Waals surface area contributed by atoms with E-state index in [1.54, 1.807) is 6.07 Å². The molecule has 8 nitrogen and oxygen atoms in total. The third kappa shape index (κ3) is 5.44. The summed E-state index contributed by atoms with van der Waals surface area (Å²) >= 11 is 6.48. The fraction of sp³-hybridized carbons (Fsp3) is 0.424. The number of aromatic nitrogens is 1. The van der Waals surface area contributed by atoms with Gasteiger partial charge in [0.15, 0.2) is 5.83 Å². The normalized spacial score (nSPS) is 20.5. The molecule has 0 unspecified atom stereocenters. The number of ether oxygens (including phenoxy) is 1. The molecule has 6 rings (SSSR count). The van der Waals surface area contributed by atoms with Gasteiger partial charge in [-0.05, 0) is 57.3 Å². The molecule has 2 fully saturated rings. The molecule has 230 valence electrons. The van der Waals surface area contributed by atoms with E-state index in [0.717, 1.165) is 47.4 Å². The molecule has 44 heavy (non-hydrogen) atoms. The van der Waals surface area contributed by atoms with Gasteiger partial charge >= 0.3 is 0 Å². The minimum atomic E-state index is -0.981. The third-order valence-corrected chi connectivity index (χ3v) is 9.55. The molecule has 3 aliphatic heterocycles. The average molecular weight is 621 g/mol. The van der Waals surface area contributed by atoms with Crippen LogP contribution in [0.3, 0.4) is 0 Å². The molecule has 0 aliphatic carbocycles. The second-order valence-corrected chi connectivity index (χ2v) is 12.2. The highest BCUT2D eigenvalue weighted by molar-refractivity contribution is 6.36. The Labute approximate surface area is 261 Å². The van der Waals surface area contributed by atoms with Crippen molar-refractivity contribution in [2.75, 3.05) is 56.2 Å². The summed E-state index contributed by atoms with van der Waals surface area (Å²) in [6.07, 6.45) is 2.68. The van der Waals surface area contributed by atoms with Gasteiger partial charge in [-0.15, -0.1) is 0 Å². The van der Waals surface area contributed by atoms with E-state index in [1.807, 2.05) is 25.1 Å². The van der Waals surface area contributed by atoms with Crippen LogP contribution in [-0.2, 0) is 17.8 Å². The summed E-state index contributed by atoms with van der Waals surface area (Å²) in [6, 6.07) is 11.2. The number of hydrogen-bond donors (Lipinski definition) is 0. The number of halogens is 3. The smallest absolute Gasteiger partial charge is 0.282 e. The van der Waals surface area contributed by atoms with Crippen molar-refractivity contribution >= 4 is 39.7 Å². The van der Waals surface area contributed by atoms with E-state index in [0.29, 0.717) is 56.7 Å². The van der Waals surface area contributed by atoms with Crippen LogP contribution >= 0.6 is 11.6 Å². The van der Waals surface area contributed by atoms with Crippen molar-refractivity contribution < 1.29 is 18.3 Å². The van der Waals surface area contributed by atoms with E-state index < -0.39 is 17.6 Å². The highest BCUT2D eigenvalue weighted by Gasteiger charge is 2.35. The highest BCUT2D eigenvalue weighted by atomic mass is 35.5. The maximum Gasteiger partial charge on any atom is 0.282 e. The second-order valence-electron chi connectivity index (χ2n) is 11.9. The third-order valence-electron chi connectivity index (χ3n) is 9.18. The fourth-order valence-corrected chi connectivity index (χ4v) is 7.10. The molecule has 0 N–H and O–H groups in total. The summed E-state index contributed by atoms with van der Waals surface area (Å²) in [5.74, 6) is -1.88. The Morgan fingerprint density at radius 1 is 1.20 bits per heavy atom. The summed E-state index contributed by atoms with van der Waals surface area (Å²) in [4.78, 5) is 25.3. The van der Waals surface area contributed by atoms with E-state index in [-0.39, 0.29) is 23.0 Å². The number of piperazine rings is 1. The number of carbonyl (C=O) groups excluding carboxylic acids is 1. The number of nitriles is 1. The Hall–Kier alpha value is -3.94. The predicted molar refractivity (Wildman–Crippen MR) is 167 cm³/mol. The van der Waals surface area contributed by atoms with Gasteiger partial charge in [0.2, 0.25) is 5.88 Å². The summed E-state index contributed by atoms with van der Waals surface area (Å²) in [6.45, 7) is 8.59. The quantitative estimate of drug-likeness (QED) is 0.339. The maximum atomic E-state index is 14.6. The summed E-state index contributed by atoms with van der Waals surface area (Å²) in [7, 11) is 2.07. The Morgan fingerprint density at radius 2 is 2.02 bits per heavy atom. The molecule has 2 aromatic carbocycles. The van der Waals surface area contributed by atoms with Gasteiger partial charge in [0.25, 0.3) is 5.91 Å². The number of carbonyl (C=O) groups is 1. The number of pyridine rings is 1. The zero-order valence-corrected chi connectivity index (χ0v) is 25.7. The molecule has 2 saturated heterocycles. The number of anilines is 2. The topological polar surface area (TPSA) is 75.9 Å². The van der Waals surface area contributed by atoms with Crippen molar-refractivity contribution in [2.24, 2.45) is 0 Å². The Bertz CT molecular complexity index is 1680. The van der Waals surface area contributed by atoms with Crippen LogP contribution in [0.15, 0.2) is 42.7 Å².